The molecular weight excluding hydrogens is 414 g/mol. The van der Waals surface area contributed by atoms with Gasteiger partial charge < -0.3 is 10.2 Å². The molecule has 2 aromatic carbocycles. The van der Waals surface area contributed by atoms with Gasteiger partial charge in [-0.15, -0.1) is 0 Å². The van der Waals surface area contributed by atoms with Gasteiger partial charge in [0.05, 0.1) is 5.92 Å². The van der Waals surface area contributed by atoms with Crippen LogP contribution in [0.5, 0.6) is 0 Å². The largest absolute Gasteiger partial charge is 0.352 e. The van der Waals surface area contributed by atoms with E-state index >= 15 is 0 Å². The molecule has 2 amide bonds. The van der Waals surface area contributed by atoms with Crippen LogP contribution in [0.2, 0.25) is 0 Å². The molecule has 33 heavy (non-hydrogen) atoms. The summed E-state index contributed by atoms with van der Waals surface area (Å²) in [5, 5.41) is 9.17. The number of amides is 2. The number of aromatic nitrogens is 3. The minimum atomic E-state index is -0.214. The summed E-state index contributed by atoms with van der Waals surface area (Å²) < 4.78 is 1.69. The summed E-state index contributed by atoms with van der Waals surface area (Å²) in [4.78, 5) is 32.3. The van der Waals surface area contributed by atoms with E-state index in [2.05, 4.69) is 15.4 Å². The van der Waals surface area contributed by atoms with Crippen LogP contribution in [0.4, 0.5) is 0 Å². The smallest absolute Gasteiger partial charge is 0.254 e. The molecule has 3 heterocycles. The maximum absolute atomic E-state index is 13.3. The monoisotopic (exact) mass is 439 g/mol. The maximum Gasteiger partial charge on any atom is 0.254 e. The Morgan fingerprint density at radius 2 is 1.91 bits per heavy atom. The lowest BCUT2D eigenvalue weighted by Crippen LogP contribution is -2.45. The summed E-state index contributed by atoms with van der Waals surface area (Å²) in [5.74, 6) is 0.475. The van der Waals surface area contributed by atoms with E-state index in [1.54, 1.807) is 17.1 Å². The summed E-state index contributed by atoms with van der Waals surface area (Å²) in [7, 11) is 0. The van der Waals surface area contributed by atoms with Crippen LogP contribution < -0.4 is 5.32 Å². The zero-order valence-corrected chi connectivity index (χ0v) is 18.2. The number of benzene rings is 2. The molecule has 0 unspecified atom stereocenters. The van der Waals surface area contributed by atoms with Gasteiger partial charge in [0.15, 0.2) is 5.82 Å². The van der Waals surface area contributed by atoms with Gasteiger partial charge in [0.25, 0.3) is 5.91 Å². The Hall–Kier alpha value is -4.00. The second kappa shape index (κ2) is 9.24. The van der Waals surface area contributed by atoms with E-state index in [9.17, 15) is 9.59 Å². The lowest BCUT2D eigenvalue weighted by Gasteiger charge is -2.32. The first-order chi connectivity index (χ1) is 16.2. The summed E-state index contributed by atoms with van der Waals surface area (Å²) in [6.45, 7) is 1.51. The summed E-state index contributed by atoms with van der Waals surface area (Å²) in [6, 6.07) is 19.3. The van der Waals surface area contributed by atoms with Gasteiger partial charge in [-0.3, -0.25) is 9.59 Å². The lowest BCUT2D eigenvalue weighted by atomic mass is 9.95. The minimum Gasteiger partial charge on any atom is -0.352 e. The predicted octanol–water partition coefficient (Wildman–Crippen LogP) is 3.59. The van der Waals surface area contributed by atoms with Crippen molar-refractivity contribution in [2.24, 2.45) is 5.92 Å². The molecule has 1 fully saturated rings. The average Bonchev–Trinajstić information content (AvgIpc) is 3.42. The number of carbonyl (C=O) groups excluding carboxylic acids is 2. The van der Waals surface area contributed by atoms with E-state index in [1.807, 2.05) is 71.8 Å². The van der Waals surface area contributed by atoms with Crippen molar-refractivity contribution in [2.45, 2.75) is 19.4 Å². The van der Waals surface area contributed by atoms with E-state index in [4.69, 9.17) is 0 Å². The molecule has 0 saturated carbocycles. The lowest BCUT2D eigenvalue weighted by molar-refractivity contribution is -0.126. The van der Waals surface area contributed by atoms with E-state index in [1.165, 1.54) is 0 Å². The SMILES string of the molecule is O=C(NCc1ccc(-n2cccn2)nc1)[C@H]1CCCN(C(=O)c2cccc3ccccc23)C1. The van der Waals surface area contributed by atoms with Crippen molar-refractivity contribution in [1.29, 1.82) is 0 Å². The summed E-state index contributed by atoms with van der Waals surface area (Å²) in [6.07, 6.45) is 6.87. The van der Waals surface area contributed by atoms with Crippen LogP contribution in [0.1, 0.15) is 28.8 Å². The van der Waals surface area contributed by atoms with Gasteiger partial charge >= 0.3 is 0 Å². The second-order valence-corrected chi connectivity index (χ2v) is 8.31. The van der Waals surface area contributed by atoms with Crippen LogP contribution in [-0.4, -0.2) is 44.6 Å². The van der Waals surface area contributed by atoms with Gasteiger partial charge in [-0.2, -0.15) is 5.10 Å². The topological polar surface area (TPSA) is 80.1 Å². The third-order valence-corrected chi connectivity index (χ3v) is 6.11. The van der Waals surface area contributed by atoms with Crippen molar-refractivity contribution in [3.8, 4) is 5.82 Å². The molecule has 0 aliphatic carbocycles. The van der Waals surface area contributed by atoms with Crippen LogP contribution in [0.15, 0.2) is 79.3 Å². The fourth-order valence-corrected chi connectivity index (χ4v) is 4.35. The number of likely N-dealkylation sites (tertiary alicyclic amines) is 1. The van der Waals surface area contributed by atoms with Gasteiger partial charge in [-0.1, -0.05) is 42.5 Å². The van der Waals surface area contributed by atoms with Gasteiger partial charge in [0.2, 0.25) is 5.91 Å². The van der Waals surface area contributed by atoms with E-state index in [-0.39, 0.29) is 17.7 Å². The van der Waals surface area contributed by atoms with Gasteiger partial charge in [0, 0.05) is 43.8 Å². The highest BCUT2D eigenvalue weighted by molar-refractivity contribution is 6.07. The molecule has 0 spiro atoms. The molecule has 1 aliphatic heterocycles. The Bertz CT molecular complexity index is 1260. The molecule has 2 aromatic heterocycles. The highest BCUT2D eigenvalue weighted by Crippen LogP contribution is 2.23. The quantitative estimate of drug-likeness (QED) is 0.515. The van der Waals surface area contributed by atoms with Crippen molar-refractivity contribution >= 4 is 22.6 Å². The zero-order valence-electron chi connectivity index (χ0n) is 18.2. The molecule has 166 valence electrons. The molecule has 1 saturated heterocycles. The highest BCUT2D eigenvalue weighted by atomic mass is 16.2. The number of fused-ring (bicyclic) bond motifs is 1. The van der Waals surface area contributed by atoms with Crippen LogP contribution in [-0.2, 0) is 11.3 Å². The summed E-state index contributed by atoms with van der Waals surface area (Å²) in [5.41, 5.74) is 1.61. The number of hydrogen-bond acceptors (Lipinski definition) is 4. The molecule has 4 aromatic rings. The number of piperidine rings is 1. The molecule has 5 rings (SSSR count). The molecule has 0 radical (unpaired) electrons. The fourth-order valence-electron chi connectivity index (χ4n) is 4.35. The van der Waals surface area contributed by atoms with E-state index in [0.717, 1.165) is 35.0 Å². The Morgan fingerprint density at radius 1 is 1.03 bits per heavy atom. The molecule has 1 N–H and O–H groups in total. The number of rotatable bonds is 5. The van der Waals surface area contributed by atoms with Crippen molar-refractivity contribution in [3.05, 3.63) is 90.4 Å². The van der Waals surface area contributed by atoms with E-state index in [0.29, 0.717) is 25.2 Å². The molecule has 0 bridgehead atoms. The third kappa shape index (κ3) is 4.48. The van der Waals surface area contributed by atoms with Crippen molar-refractivity contribution in [2.75, 3.05) is 13.1 Å². The zero-order chi connectivity index (χ0) is 22.6. The molecule has 1 atom stereocenters. The van der Waals surface area contributed by atoms with Crippen molar-refractivity contribution in [3.63, 3.8) is 0 Å². The van der Waals surface area contributed by atoms with Gasteiger partial charge in [-0.25, -0.2) is 9.67 Å². The highest BCUT2D eigenvalue weighted by Gasteiger charge is 2.29. The van der Waals surface area contributed by atoms with E-state index < -0.39 is 0 Å². The first-order valence-electron chi connectivity index (χ1n) is 11.2. The van der Waals surface area contributed by atoms with Crippen LogP contribution >= 0.6 is 0 Å². The molecular formula is C26H25N5O2. The van der Waals surface area contributed by atoms with Crippen molar-refractivity contribution in [1.82, 2.24) is 25.0 Å². The molecule has 1 aliphatic rings. The summed E-state index contributed by atoms with van der Waals surface area (Å²) >= 11 is 0. The van der Waals surface area contributed by atoms with Crippen LogP contribution in [0.3, 0.4) is 0 Å². The first-order valence-corrected chi connectivity index (χ1v) is 11.2. The predicted molar refractivity (Wildman–Crippen MR) is 126 cm³/mol. The fraction of sp³-hybridized carbons (Fsp3) is 0.231. The normalized spacial score (nSPS) is 16.0. The van der Waals surface area contributed by atoms with Crippen LogP contribution in [0, 0.1) is 5.92 Å². The Morgan fingerprint density at radius 3 is 2.73 bits per heavy atom. The Kier molecular flexibility index (Phi) is 5.85. The molecule has 7 heteroatoms. The maximum atomic E-state index is 13.3. The number of hydrogen-bond donors (Lipinski definition) is 1. The average molecular weight is 440 g/mol. The number of pyridine rings is 1. The van der Waals surface area contributed by atoms with Crippen LogP contribution in [0.25, 0.3) is 16.6 Å². The van der Waals surface area contributed by atoms with Gasteiger partial charge in [0.1, 0.15) is 0 Å². The van der Waals surface area contributed by atoms with Crippen molar-refractivity contribution < 1.29 is 9.59 Å². The standard InChI is InChI=1S/C26H25N5O2/c32-25(28-17-19-11-12-24(27-16-19)31-15-5-13-29-31)21-8-4-14-30(18-21)26(33)23-10-3-7-20-6-1-2-9-22(20)23/h1-3,5-7,9-13,15-16,21H,4,8,14,17-18H2,(H,28,32)/t21-/m0/s1. The van der Waals surface area contributed by atoms with Gasteiger partial charge in [-0.05, 0) is 47.4 Å². The Labute approximate surface area is 192 Å². The molecule has 7 nitrogen and oxygen atoms in total. The number of nitrogens with zero attached hydrogens (tertiary/aromatic N) is 4. The number of nitrogens with one attached hydrogen (secondary N) is 1. The Balaban J connectivity index is 1.21. The third-order valence-electron chi connectivity index (χ3n) is 6.11. The number of carbonyl (C=O) groups is 2. The minimum absolute atomic E-state index is 0.0114. The second-order valence-electron chi connectivity index (χ2n) is 8.31. The first kappa shape index (κ1) is 20.9.